The number of halogens is 1. The molecule has 3 heteroatoms. The van der Waals surface area contributed by atoms with E-state index in [0.29, 0.717) is 6.61 Å². The van der Waals surface area contributed by atoms with Gasteiger partial charge >= 0.3 is 0 Å². The molecule has 0 atom stereocenters. The van der Waals surface area contributed by atoms with Crippen molar-refractivity contribution in [1.82, 2.24) is 0 Å². The average molecular weight is 259 g/mol. The molecule has 0 aliphatic rings. The van der Waals surface area contributed by atoms with Crippen molar-refractivity contribution in [3.05, 3.63) is 24.3 Å². The molecule has 0 saturated carbocycles. The van der Waals surface area contributed by atoms with Crippen LogP contribution in [-0.4, -0.2) is 18.0 Å². The Labute approximate surface area is 93.4 Å². The molecule has 1 aromatic rings. The Hall–Kier alpha value is -0.700. The molecular weight excluding hydrogens is 244 g/mol. The van der Waals surface area contributed by atoms with Gasteiger partial charge in [-0.05, 0) is 38.1 Å². The van der Waals surface area contributed by atoms with Crippen LogP contribution in [0.2, 0.25) is 0 Å². The van der Waals surface area contributed by atoms with Crippen LogP contribution in [0, 0.1) is 0 Å². The molecule has 0 spiro atoms. The van der Waals surface area contributed by atoms with Crippen molar-refractivity contribution in [1.29, 1.82) is 0 Å². The zero-order valence-corrected chi connectivity index (χ0v) is 10.1. The number of ether oxygens (including phenoxy) is 2. The highest BCUT2D eigenvalue weighted by Gasteiger charge is 1.97. The second kappa shape index (κ2) is 5.91. The maximum Gasteiger partial charge on any atom is 0.119 e. The van der Waals surface area contributed by atoms with Gasteiger partial charge in [-0.25, -0.2) is 0 Å². The third kappa shape index (κ3) is 4.01. The summed E-state index contributed by atoms with van der Waals surface area (Å²) >= 11 is 3.30. The molecule has 0 N–H and O–H groups in total. The molecular formula is C11H15BrO2. The van der Waals surface area contributed by atoms with Crippen LogP contribution in [0.25, 0.3) is 0 Å². The molecule has 0 saturated heterocycles. The molecule has 0 fully saturated rings. The van der Waals surface area contributed by atoms with Crippen LogP contribution in [0.5, 0.6) is 11.5 Å². The Morgan fingerprint density at radius 1 is 1.14 bits per heavy atom. The lowest BCUT2D eigenvalue weighted by Gasteiger charge is -2.10. The molecule has 0 amide bonds. The lowest BCUT2D eigenvalue weighted by Crippen LogP contribution is -2.05. The predicted octanol–water partition coefficient (Wildman–Crippen LogP) is 3.25. The van der Waals surface area contributed by atoms with Gasteiger partial charge in [-0.2, -0.15) is 0 Å². The largest absolute Gasteiger partial charge is 0.493 e. The molecule has 78 valence electrons. The minimum absolute atomic E-state index is 0.212. The Balaban J connectivity index is 2.50. The van der Waals surface area contributed by atoms with Crippen LogP contribution < -0.4 is 9.47 Å². The van der Waals surface area contributed by atoms with E-state index in [1.807, 2.05) is 38.1 Å². The summed E-state index contributed by atoms with van der Waals surface area (Å²) in [6.07, 6.45) is 0.212. The zero-order chi connectivity index (χ0) is 10.4. The van der Waals surface area contributed by atoms with Gasteiger partial charge in [0.25, 0.3) is 0 Å². The Morgan fingerprint density at radius 2 is 1.71 bits per heavy atom. The molecule has 0 aromatic heterocycles. The van der Waals surface area contributed by atoms with Gasteiger partial charge in [-0.3, -0.25) is 0 Å². The summed E-state index contributed by atoms with van der Waals surface area (Å²) in [4.78, 5) is 0. The standard InChI is InChI=1S/C11H15BrO2/c1-9(2)14-11-5-3-10(4-6-11)13-8-7-12/h3-6,9H,7-8H2,1-2H3. The van der Waals surface area contributed by atoms with Gasteiger partial charge in [0.15, 0.2) is 0 Å². The lowest BCUT2D eigenvalue weighted by molar-refractivity contribution is 0.242. The van der Waals surface area contributed by atoms with Gasteiger partial charge in [0.1, 0.15) is 11.5 Å². The maximum absolute atomic E-state index is 5.51. The number of hydrogen-bond donors (Lipinski definition) is 0. The van der Waals surface area contributed by atoms with E-state index in [-0.39, 0.29) is 6.10 Å². The monoisotopic (exact) mass is 258 g/mol. The van der Waals surface area contributed by atoms with E-state index in [9.17, 15) is 0 Å². The van der Waals surface area contributed by atoms with Crippen molar-refractivity contribution >= 4 is 15.9 Å². The first-order chi connectivity index (χ1) is 6.72. The highest BCUT2D eigenvalue weighted by Crippen LogP contribution is 2.18. The summed E-state index contributed by atoms with van der Waals surface area (Å²) in [5.74, 6) is 1.76. The van der Waals surface area contributed by atoms with Crippen LogP contribution in [0.4, 0.5) is 0 Å². The molecule has 1 rings (SSSR count). The molecule has 0 unspecified atom stereocenters. The first-order valence-electron chi connectivity index (χ1n) is 4.68. The SMILES string of the molecule is CC(C)Oc1ccc(OCCBr)cc1. The van der Waals surface area contributed by atoms with E-state index in [0.717, 1.165) is 16.8 Å². The average Bonchev–Trinajstić information content (AvgIpc) is 2.16. The summed E-state index contributed by atoms with van der Waals surface area (Å²) < 4.78 is 10.9. The van der Waals surface area contributed by atoms with E-state index in [1.54, 1.807) is 0 Å². The van der Waals surface area contributed by atoms with Crippen molar-refractivity contribution in [2.75, 3.05) is 11.9 Å². The lowest BCUT2D eigenvalue weighted by atomic mass is 10.3. The fourth-order valence-electron chi connectivity index (χ4n) is 1.04. The van der Waals surface area contributed by atoms with Crippen molar-refractivity contribution < 1.29 is 9.47 Å². The molecule has 14 heavy (non-hydrogen) atoms. The van der Waals surface area contributed by atoms with Crippen LogP contribution in [-0.2, 0) is 0 Å². The Kier molecular flexibility index (Phi) is 4.80. The molecule has 2 nitrogen and oxygen atoms in total. The van der Waals surface area contributed by atoms with Gasteiger partial charge in [0.2, 0.25) is 0 Å². The molecule has 1 aromatic carbocycles. The summed E-state index contributed by atoms with van der Waals surface area (Å²) in [5.41, 5.74) is 0. The van der Waals surface area contributed by atoms with Crippen molar-refractivity contribution in [2.24, 2.45) is 0 Å². The fraction of sp³-hybridized carbons (Fsp3) is 0.455. The zero-order valence-electron chi connectivity index (χ0n) is 8.50. The first kappa shape index (κ1) is 11.4. The van der Waals surface area contributed by atoms with Gasteiger partial charge in [-0.1, -0.05) is 15.9 Å². The summed E-state index contributed by atoms with van der Waals surface area (Å²) in [6, 6.07) is 7.67. The van der Waals surface area contributed by atoms with E-state index >= 15 is 0 Å². The predicted molar refractivity (Wildman–Crippen MR) is 61.5 cm³/mol. The Morgan fingerprint density at radius 3 is 2.21 bits per heavy atom. The fourth-order valence-corrected chi connectivity index (χ4v) is 1.20. The minimum atomic E-state index is 0.212. The topological polar surface area (TPSA) is 18.5 Å². The molecule has 0 bridgehead atoms. The number of alkyl halides is 1. The molecule has 0 aliphatic heterocycles. The first-order valence-corrected chi connectivity index (χ1v) is 5.80. The number of rotatable bonds is 5. The highest BCUT2D eigenvalue weighted by molar-refractivity contribution is 9.09. The number of benzene rings is 1. The van der Waals surface area contributed by atoms with E-state index in [1.165, 1.54) is 0 Å². The van der Waals surface area contributed by atoms with E-state index < -0.39 is 0 Å². The smallest absolute Gasteiger partial charge is 0.119 e. The molecule has 0 heterocycles. The van der Waals surface area contributed by atoms with Crippen molar-refractivity contribution in [2.45, 2.75) is 20.0 Å². The highest BCUT2D eigenvalue weighted by atomic mass is 79.9. The summed E-state index contributed by atoms with van der Waals surface area (Å²) in [5, 5.41) is 0.844. The molecule has 0 aliphatic carbocycles. The number of hydrogen-bond acceptors (Lipinski definition) is 2. The normalized spacial score (nSPS) is 10.3. The summed E-state index contributed by atoms with van der Waals surface area (Å²) in [7, 11) is 0. The third-order valence-electron chi connectivity index (χ3n) is 1.54. The third-order valence-corrected chi connectivity index (χ3v) is 1.87. The van der Waals surface area contributed by atoms with Gasteiger partial charge < -0.3 is 9.47 Å². The van der Waals surface area contributed by atoms with Gasteiger partial charge in [-0.15, -0.1) is 0 Å². The Bertz CT molecular complexity index is 256. The van der Waals surface area contributed by atoms with Crippen molar-refractivity contribution in [3.8, 4) is 11.5 Å². The second-order valence-electron chi connectivity index (χ2n) is 3.18. The van der Waals surface area contributed by atoms with Crippen LogP contribution >= 0.6 is 15.9 Å². The van der Waals surface area contributed by atoms with E-state index in [2.05, 4.69) is 15.9 Å². The van der Waals surface area contributed by atoms with Crippen molar-refractivity contribution in [3.63, 3.8) is 0 Å². The minimum Gasteiger partial charge on any atom is -0.493 e. The summed E-state index contributed by atoms with van der Waals surface area (Å²) in [6.45, 7) is 4.70. The van der Waals surface area contributed by atoms with E-state index in [4.69, 9.17) is 9.47 Å². The molecule has 0 radical (unpaired) electrons. The van der Waals surface area contributed by atoms with Gasteiger partial charge in [0.05, 0.1) is 12.7 Å². The quantitative estimate of drug-likeness (QED) is 0.756. The van der Waals surface area contributed by atoms with Crippen LogP contribution in [0.1, 0.15) is 13.8 Å². The van der Waals surface area contributed by atoms with Crippen LogP contribution in [0.3, 0.4) is 0 Å². The maximum atomic E-state index is 5.51. The second-order valence-corrected chi connectivity index (χ2v) is 3.97. The van der Waals surface area contributed by atoms with Crippen LogP contribution in [0.15, 0.2) is 24.3 Å². The van der Waals surface area contributed by atoms with Gasteiger partial charge in [0, 0.05) is 5.33 Å².